The van der Waals surface area contributed by atoms with Crippen molar-refractivity contribution in [1.82, 2.24) is 5.32 Å². The van der Waals surface area contributed by atoms with Crippen LogP contribution in [-0.4, -0.2) is 19.1 Å². The van der Waals surface area contributed by atoms with Crippen LogP contribution < -0.4 is 15.8 Å². The quantitative estimate of drug-likeness (QED) is 0.724. The summed E-state index contributed by atoms with van der Waals surface area (Å²) < 4.78 is 5.34. The summed E-state index contributed by atoms with van der Waals surface area (Å²) in [4.78, 5) is 11.2. The summed E-state index contributed by atoms with van der Waals surface area (Å²) in [5.74, 6) is 0.278. The summed E-state index contributed by atoms with van der Waals surface area (Å²) >= 11 is 0. The molecule has 0 fully saturated rings. The van der Waals surface area contributed by atoms with Crippen molar-refractivity contribution in [2.24, 2.45) is 5.73 Å². The van der Waals surface area contributed by atoms with Crippen LogP contribution in [-0.2, 0) is 11.3 Å². The van der Waals surface area contributed by atoms with Gasteiger partial charge in [0.1, 0.15) is 12.3 Å². The molecule has 0 saturated carbocycles. The van der Waals surface area contributed by atoms with Gasteiger partial charge in [0.05, 0.1) is 6.07 Å². The number of rotatable bonds is 5. The minimum atomic E-state index is -0.324. The monoisotopic (exact) mass is 233 g/mol. The van der Waals surface area contributed by atoms with E-state index in [4.69, 9.17) is 15.7 Å². The molecule has 3 N–H and O–H groups in total. The van der Waals surface area contributed by atoms with E-state index in [2.05, 4.69) is 5.32 Å². The fraction of sp³-hybridized carbons (Fsp3) is 0.333. The number of carbonyl (C=O) groups excluding carboxylic acids is 1. The highest BCUT2D eigenvalue weighted by Gasteiger charge is 2.05. The number of hydrogen-bond acceptors (Lipinski definition) is 4. The molecule has 1 amide bonds. The van der Waals surface area contributed by atoms with E-state index in [-0.39, 0.29) is 19.1 Å². The molecule has 1 rings (SSSR count). The molecule has 0 atom stereocenters. The first-order valence-corrected chi connectivity index (χ1v) is 5.23. The van der Waals surface area contributed by atoms with E-state index in [9.17, 15) is 4.79 Å². The van der Waals surface area contributed by atoms with Crippen molar-refractivity contribution in [2.75, 3.05) is 13.2 Å². The van der Waals surface area contributed by atoms with Crippen molar-refractivity contribution in [3.8, 4) is 11.8 Å². The fourth-order valence-electron chi connectivity index (χ4n) is 1.34. The molecule has 17 heavy (non-hydrogen) atoms. The highest BCUT2D eigenvalue weighted by atomic mass is 16.5. The third-order valence-electron chi connectivity index (χ3n) is 2.16. The molecule has 90 valence electrons. The number of benzene rings is 1. The molecule has 0 saturated heterocycles. The van der Waals surface area contributed by atoms with Gasteiger partial charge in [-0.05, 0) is 13.0 Å². The van der Waals surface area contributed by atoms with Gasteiger partial charge in [0, 0.05) is 12.1 Å². The molecule has 0 bridgehead atoms. The van der Waals surface area contributed by atoms with Gasteiger partial charge < -0.3 is 15.8 Å². The third kappa shape index (κ3) is 4.13. The standard InChI is InChI=1S/C12H15N3O2/c1-9-2-3-11(10(6-9)7-14)17-8-12(16)15-5-4-13/h2-3,6H,5,7-8,14H2,1H3,(H,15,16). The van der Waals surface area contributed by atoms with Crippen molar-refractivity contribution in [3.63, 3.8) is 0 Å². The number of hydrogen-bond donors (Lipinski definition) is 2. The lowest BCUT2D eigenvalue weighted by molar-refractivity contribution is -0.122. The van der Waals surface area contributed by atoms with E-state index < -0.39 is 0 Å². The van der Waals surface area contributed by atoms with Crippen LogP contribution in [0.4, 0.5) is 0 Å². The molecule has 5 nitrogen and oxygen atoms in total. The molecule has 0 aliphatic rings. The Morgan fingerprint density at radius 2 is 2.35 bits per heavy atom. The second kappa shape index (κ2) is 6.51. The zero-order valence-electron chi connectivity index (χ0n) is 9.69. The topological polar surface area (TPSA) is 88.1 Å². The summed E-state index contributed by atoms with van der Waals surface area (Å²) in [7, 11) is 0. The van der Waals surface area contributed by atoms with Crippen LogP contribution in [0.25, 0.3) is 0 Å². The van der Waals surface area contributed by atoms with Gasteiger partial charge in [0.15, 0.2) is 6.61 Å². The average Bonchev–Trinajstić information content (AvgIpc) is 2.34. The number of ether oxygens (including phenoxy) is 1. The number of nitriles is 1. The van der Waals surface area contributed by atoms with Gasteiger partial charge in [-0.2, -0.15) is 5.26 Å². The Hall–Kier alpha value is -2.06. The molecule has 1 aromatic rings. The summed E-state index contributed by atoms with van der Waals surface area (Å²) in [5.41, 5.74) is 7.53. The zero-order chi connectivity index (χ0) is 12.7. The van der Waals surface area contributed by atoms with Crippen LogP contribution in [0.3, 0.4) is 0 Å². The van der Waals surface area contributed by atoms with Crippen molar-refractivity contribution < 1.29 is 9.53 Å². The highest BCUT2D eigenvalue weighted by molar-refractivity contribution is 5.77. The van der Waals surface area contributed by atoms with Crippen molar-refractivity contribution in [3.05, 3.63) is 29.3 Å². The number of nitrogens with zero attached hydrogens (tertiary/aromatic N) is 1. The summed E-state index contributed by atoms with van der Waals surface area (Å²) in [6.45, 7) is 2.19. The lowest BCUT2D eigenvalue weighted by Gasteiger charge is -2.10. The molecule has 0 radical (unpaired) electrons. The first-order chi connectivity index (χ1) is 8.17. The number of aryl methyl sites for hydroxylation is 1. The number of nitrogens with two attached hydrogens (primary N) is 1. The highest BCUT2D eigenvalue weighted by Crippen LogP contribution is 2.19. The molecule has 0 aromatic heterocycles. The van der Waals surface area contributed by atoms with Gasteiger partial charge in [-0.15, -0.1) is 0 Å². The fourth-order valence-corrected chi connectivity index (χ4v) is 1.34. The van der Waals surface area contributed by atoms with E-state index >= 15 is 0 Å². The molecular weight excluding hydrogens is 218 g/mol. The summed E-state index contributed by atoms with van der Waals surface area (Å²) in [5, 5.41) is 10.7. The summed E-state index contributed by atoms with van der Waals surface area (Å²) in [6, 6.07) is 7.42. The largest absolute Gasteiger partial charge is 0.483 e. The Morgan fingerprint density at radius 1 is 1.59 bits per heavy atom. The van der Waals surface area contributed by atoms with Crippen LogP contribution in [0.1, 0.15) is 11.1 Å². The lowest BCUT2D eigenvalue weighted by Crippen LogP contribution is -2.29. The minimum Gasteiger partial charge on any atom is -0.483 e. The molecule has 0 aliphatic heterocycles. The van der Waals surface area contributed by atoms with E-state index in [1.54, 1.807) is 6.07 Å². The zero-order valence-corrected chi connectivity index (χ0v) is 9.69. The predicted molar refractivity (Wildman–Crippen MR) is 63.2 cm³/mol. The van der Waals surface area contributed by atoms with Gasteiger partial charge >= 0.3 is 0 Å². The number of nitrogens with one attached hydrogen (secondary N) is 1. The molecular formula is C12H15N3O2. The molecule has 5 heteroatoms. The molecule has 0 aliphatic carbocycles. The van der Waals surface area contributed by atoms with Gasteiger partial charge in [0.25, 0.3) is 5.91 Å². The molecule has 1 aromatic carbocycles. The average molecular weight is 233 g/mol. The number of carbonyl (C=O) groups is 1. The van der Waals surface area contributed by atoms with Crippen molar-refractivity contribution >= 4 is 5.91 Å². The molecule has 0 unspecified atom stereocenters. The van der Waals surface area contributed by atoms with Crippen LogP contribution in [0.2, 0.25) is 0 Å². The van der Waals surface area contributed by atoms with E-state index in [0.717, 1.165) is 11.1 Å². The van der Waals surface area contributed by atoms with Gasteiger partial charge in [-0.25, -0.2) is 0 Å². The van der Waals surface area contributed by atoms with E-state index in [1.807, 2.05) is 25.1 Å². The van der Waals surface area contributed by atoms with Crippen LogP contribution in [0.5, 0.6) is 5.75 Å². The Kier molecular flexibility index (Phi) is 4.98. The second-order valence-corrected chi connectivity index (χ2v) is 3.54. The van der Waals surface area contributed by atoms with Crippen molar-refractivity contribution in [2.45, 2.75) is 13.5 Å². The number of amides is 1. The normalized spacial score (nSPS) is 9.47. The maximum absolute atomic E-state index is 11.2. The minimum absolute atomic E-state index is 0.0141. The first kappa shape index (κ1) is 13.0. The van der Waals surface area contributed by atoms with Crippen molar-refractivity contribution in [1.29, 1.82) is 5.26 Å². The lowest BCUT2D eigenvalue weighted by atomic mass is 10.1. The molecule has 0 heterocycles. The smallest absolute Gasteiger partial charge is 0.258 e. The SMILES string of the molecule is Cc1ccc(OCC(=O)NCC#N)c(CN)c1. The van der Waals surface area contributed by atoms with E-state index in [0.29, 0.717) is 12.3 Å². The van der Waals surface area contributed by atoms with Crippen LogP contribution >= 0.6 is 0 Å². The molecule has 0 spiro atoms. The maximum atomic E-state index is 11.2. The Balaban J connectivity index is 2.57. The van der Waals surface area contributed by atoms with Gasteiger partial charge in [-0.1, -0.05) is 17.7 Å². The Morgan fingerprint density at radius 3 is 3.00 bits per heavy atom. The summed E-state index contributed by atoms with van der Waals surface area (Å²) in [6.07, 6.45) is 0. The van der Waals surface area contributed by atoms with E-state index in [1.165, 1.54) is 0 Å². The third-order valence-corrected chi connectivity index (χ3v) is 2.16. The first-order valence-electron chi connectivity index (χ1n) is 5.23. The van der Waals surface area contributed by atoms with Crippen LogP contribution in [0.15, 0.2) is 18.2 Å². The Bertz CT molecular complexity index is 438. The second-order valence-electron chi connectivity index (χ2n) is 3.54. The van der Waals surface area contributed by atoms with Gasteiger partial charge in [-0.3, -0.25) is 4.79 Å². The maximum Gasteiger partial charge on any atom is 0.258 e. The predicted octanol–water partition coefficient (Wildman–Crippen LogP) is 0.472. The van der Waals surface area contributed by atoms with Crippen LogP contribution in [0, 0.1) is 18.3 Å². The Labute approximate surface area is 100 Å². The van der Waals surface area contributed by atoms with Gasteiger partial charge in [0.2, 0.25) is 0 Å².